The monoisotopic (exact) mass is 383 g/mol. The van der Waals surface area contributed by atoms with Crippen molar-refractivity contribution in [3.63, 3.8) is 0 Å². The third-order valence-electron chi connectivity index (χ3n) is 1.16. The number of carbonyl (C=O) groups excluding carboxylic acids is 1. The molecule has 0 saturated heterocycles. The van der Waals surface area contributed by atoms with Crippen LogP contribution in [0.4, 0.5) is 4.79 Å². The molecule has 7 nitrogen and oxygen atoms in total. The van der Waals surface area contributed by atoms with Gasteiger partial charge in [-0.1, -0.05) is 34.8 Å². The predicted octanol–water partition coefficient (Wildman–Crippen LogP) is 3.55. The highest BCUT2D eigenvalue weighted by molar-refractivity contribution is 7.50. The number of hydrogen-bond acceptors (Lipinski definition) is 6. The van der Waals surface area contributed by atoms with E-state index in [2.05, 4.69) is 22.7 Å². The van der Waals surface area contributed by atoms with E-state index < -0.39 is 24.3 Å². The Kier molecular flexibility index (Phi) is 9.30. The van der Waals surface area contributed by atoms with Gasteiger partial charge in [0.2, 0.25) is 3.79 Å². The molecule has 13 heteroatoms. The van der Waals surface area contributed by atoms with Crippen LogP contribution in [0.2, 0.25) is 0 Å². The molecule has 0 aromatic rings. The highest BCUT2D eigenvalue weighted by Crippen LogP contribution is 2.51. The van der Waals surface area contributed by atoms with E-state index in [4.69, 9.17) is 58.5 Å². The van der Waals surface area contributed by atoms with Crippen molar-refractivity contribution in [3.05, 3.63) is 0 Å². The van der Waals surface area contributed by atoms with Gasteiger partial charge in [0.15, 0.2) is 0 Å². The molecular weight excluding hydrogens is 378 g/mol. The minimum absolute atomic E-state index is 0.0941. The molecule has 0 heterocycles. The molecule has 1 amide bonds. The Morgan fingerprint density at radius 3 is 2.22 bits per heavy atom. The number of phosphoric acid groups is 1. The molecule has 0 aliphatic rings. The lowest BCUT2D eigenvalue weighted by atomic mass is 10.7. The summed E-state index contributed by atoms with van der Waals surface area (Å²) in [7, 11) is -4.01. The lowest BCUT2D eigenvalue weighted by Gasteiger charge is -2.12. The van der Waals surface area contributed by atoms with Crippen LogP contribution in [0.1, 0.15) is 0 Å². The van der Waals surface area contributed by atoms with Gasteiger partial charge in [-0.15, -0.1) is 0 Å². The summed E-state index contributed by atoms with van der Waals surface area (Å²) in [6.45, 7) is -0.790. The fourth-order valence-corrected chi connectivity index (χ4v) is 1.63. The van der Waals surface area contributed by atoms with Crippen LogP contribution < -0.4 is 5.32 Å². The SMILES string of the molecule is O=C(NCCOP(=O)(OCl)OCl)OCC(Cl)(Cl)Cl. The summed E-state index contributed by atoms with van der Waals surface area (Å²) in [6, 6.07) is 0. The van der Waals surface area contributed by atoms with Crippen LogP contribution in [0.15, 0.2) is 0 Å². The highest BCUT2D eigenvalue weighted by Gasteiger charge is 2.26. The number of ether oxygens (including phenoxy) is 1. The maximum Gasteiger partial charge on any atom is 0.507 e. The van der Waals surface area contributed by atoms with E-state index in [9.17, 15) is 9.36 Å². The van der Waals surface area contributed by atoms with Crippen molar-refractivity contribution in [2.75, 3.05) is 19.8 Å². The van der Waals surface area contributed by atoms with E-state index in [0.717, 1.165) is 0 Å². The minimum atomic E-state index is -4.01. The van der Waals surface area contributed by atoms with E-state index in [1.54, 1.807) is 0 Å². The molecule has 0 aromatic carbocycles. The maximum atomic E-state index is 11.1. The normalized spacial score (nSPS) is 12.3. The topological polar surface area (TPSA) is 83.1 Å². The number of hydrogen-bond donors (Lipinski definition) is 1. The molecule has 0 fully saturated rings. The number of amides is 1. The minimum Gasteiger partial charge on any atom is -0.445 e. The van der Waals surface area contributed by atoms with E-state index in [1.807, 2.05) is 0 Å². The predicted molar refractivity (Wildman–Crippen MR) is 67.1 cm³/mol. The number of carbonyl (C=O) groups is 1. The van der Waals surface area contributed by atoms with Crippen molar-refractivity contribution in [2.24, 2.45) is 0 Å². The van der Waals surface area contributed by atoms with Crippen LogP contribution in [0.3, 0.4) is 0 Å². The number of rotatable bonds is 7. The second-order valence-corrected chi connectivity index (χ2v) is 7.31. The van der Waals surface area contributed by atoms with Gasteiger partial charge in [0.1, 0.15) is 6.61 Å². The quantitative estimate of drug-likeness (QED) is 0.410. The molecule has 0 saturated carbocycles. The van der Waals surface area contributed by atoms with Gasteiger partial charge in [-0.2, -0.15) is 8.15 Å². The van der Waals surface area contributed by atoms with Crippen LogP contribution in [0, 0.1) is 0 Å². The van der Waals surface area contributed by atoms with Gasteiger partial charge in [0.25, 0.3) is 0 Å². The van der Waals surface area contributed by atoms with Crippen LogP contribution in [0.25, 0.3) is 0 Å². The lowest BCUT2D eigenvalue weighted by molar-refractivity contribution is 0.144. The first-order valence-electron chi connectivity index (χ1n) is 4.05. The standard InChI is InChI=1S/C5H7Cl5NO6P/c6-5(7,8)3-14-4(12)11-1-2-15-18(13,16-9)17-10/h1-3H2,(H,11,12). The van der Waals surface area contributed by atoms with E-state index in [0.29, 0.717) is 0 Å². The zero-order valence-electron chi connectivity index (χ0n) is 8.41. The van der Waals surface area contributed by atoms with Crippen LogP contribution >= 0.6 is 66.4 Å². The fraction of sp³-hybridized carbons (Fsp3) is 0.800. The molecule has 0 spiro atoms. The molecule has 0 aliphatic carbocycles. The van der Waals surface area contributed by atoms with E-state index in [-0.39, 0.29) is 13.2 Å². The smallest absolute Gasteiger partial charge is 0.445 e. The number of alkyl carbamates (subject to hydrolysis) is 1. The summed E-state index contributed by atoms with van der Waals surface area (Å²) in [5.41, 5.74) is 0. The first-order chi connectivity index (χ1) is 8.22. The second kappa shape index (κ2) is 8.89. The van der Waals surface area contributed by atoms with Gasteiger partial charge in [-0.25, -0.2) is 9.36 Å². The Morgan fingerprint density at radius 1 is 1.22 bits per heavy atom. The van der Waals surface area contributed by atoms with Gasteiger partial charge in [-0.3, -0.25) is 4.52 Å². The Balaban J connectivity index is 3.73. The van der Waals surface area contributed by atoms with Crippen molar-refractivity contribution in [2.45, 2.75) is 3.79 Å². The summed E-state index contributed by atoms with van der Waals surface area (Å²) in [4.78, 5) is 11.0. The molecule has 0 aromatic heterocycles. The van der Waals surface area contributed by atoms with Gasteiger partial charge < -0.3 is 10.1 Å². The van der Waals surface area contributed by atoms with E-state index in [1.165, 1.54) is 0 Å². The molecule has 0 rings (SSSR count). The first kappa shape index (κ1) is 18.8. The molecule has 0 unspecified atom stereocenters. The summed E-state index contributed by atoms with van der Waals surface area (Å²) in [5.74, 6) is 0. The zero-order chi connectivity index (χ0) is 14.2. The third kappa shape index (κ3) is 9.72. The number of halogens is 5. The molecule has 108 valence electrons. The van der Waals surface area contributed by atoms with Crippen molar-refractivity contribution >= 4 is 72.5 Å². The van der Waals surface area contributed by atoms with Gasteiger partial charge in [0, 0.05) is 6.54 Å². The van der Waals surface area contributed by atoms with Crippen molar-refractivity contribution < 1.29 is 26.8 Å². The fourth-order valence-electron chi connectivity index (χ4n) is 0.559. The van der Waals surface area contributed by atoms with Crippen molar-refractivity contribution in [3.8, 4) is 0 Å². The van der Waals surface area contributed by atoms with E-state index >= 15 is 0 Å². The zero-order valence-corrected chi connectivity index (χ0v) is 13.1. The first-order valence-corrected chi connectivity index (χ1v) is 7.26. The Bertz CT molecular complexity index is 303. The van der Waals surface area contributed by atoms with Gasteiger partial charge in [0.05, 0.1) is 30.3 Å². The van der Waals surface area contributed by atoms with Crippen LogP contribution in [-0.2, 0) is 22.0 Å². The summed E-state index contributed by atoms with van der Waals surface area (Å²) < 4.78 is 26.1. The summed E-state index contributed by atoms with van der Waals surface area (Å²) in [6.07, 6.45) is -0.863. The summed E-state index contributed by atoms with van der Waals surface area (Å²) >= 11 is 25.6. The van der Waals surface area contributed by atoms with Gasteiger partial charge >= 0.3 is 13.9 Å². The molecule has 0 aliphatic heterocycles. The number of nitrogens with one attached hydrogen (secondary N) is 1. The third-order valence-corrected chi connectivity index (χ3v) is 3.34. The van der Waals surface area contributed by atoms with Crippen molar-refractivity contribution in [1.82, 2.24) is 5.32 Å². The average Bonchev–Trinajstić information content (AvgIpc) is 2.31. The lowest BCUT2D eigenvalue weighted by Crippen LogP contribution is -2.30. The Labute approximate surface area is 128 Å². The molecule has 0 radical (unpaired) electrons. The maximum absolute atomic E-state index is 11.1. The Morgan fingerprint density at radius 2 is 1.78 bits per heavy atom. The summed E-state index contributed by atoms with van der Waals surface area (Å²) in [5, 5.41) is 2.20. The average molecular weight is 385 g/mol. The molecule has 0 atom stereocenters. The number of alkyl halides is 3. The van der Waals surface area contributed by atoms with Crippen LogP contribution in [-0.4, -0.2) is 29.6 Å². The highest BCUT2D eigenvalue weighted by atomic mass is 35.6. The molecule has 0 bridgehead atoms. The molecule has 18 heavy (non-hydrogen) atoms. The molecular formula is C5H7Cl5NO6P. The molecule has 1 N–H and O–H groups in total. The largest absolute Gasteiger partial charge is 0.507 e. The van der Waals surface area contributed by atoms with Crippen LogP contribution in [0.5, 0.6) is 0 Å². The van der Waals surface area contributed by atoms with Crippen molar-refractivity contribution in [1.29, 1.82) is 0 Å². The second-order valence-electron chi connectivity index (χ2n) is 2.54. The Hall–Kier alpha value is 0.830. The van der Waals surface area contributed by atoms with Gasteiger partial charge in [-0.05, 0) is 0 Å².